The van der Waals surface area contributed by atoms with Crippen molar-refractivity contribution in [3.8, 4) is 0 Å². The first-order valence-corrected chi connectivity index (χ1v) is 5.42. The molecular formula is C11H18N2O3. The smallest absolute Gasteiger partial charge is 0.233 e. The van der Waals surface area contributed by atoms with Crippen LogP contribution in [0, 0.1) is 0 Å². The fourth-order valence-electron chi connectivity index (χ4n) is 1.31. The Bertz CT molecular complexity index is 285. The van der Waals surface area contributed by atoms with Gasteiger partial charge in [0.1, 0.15) is 12.4 Å². The number of nitrogens with two attached hydrogens (primary N) is 1. The van der Waals surface area contributed by atoms with E-state index < -0.39 is 0 Å². The maximum absolute atomic E-state index is 10.8. The van der Waals surface area contributed by atoms with E-state index in [1.807, 2.05) is 12.1 Å². The summed E-state index contributed by atoms with van der Waals surface area (Å²) in [5.41, 5.74) is 2.10. The van der Waals surface area contributed by atoms with Gasteiger partial charge in [-0.15, -0.1) is 0 Å². The first-order valence-electron chi connectivity index (χ1n) is 5.42. The van der Waals surface area contributed by atoms with Crippen LogP contribution in [-0.4, -0.2) is 12.5 Å². The van der Waals surface area contributed by atoms with Crippen LogP contribution in [-0.2, 0) is 16.1 Å². The van der Waals surface area contributed by atoms with E-state index in [0.717, 1.165) is 25.0 Å². The molecule has 1 amide bonds. The van der Waals surface area contributed by atoms with Gasteiger partial charge in [0.05, 0.1) is 6.26 Å². The van der Waals surface area contributed by atoms with Gasteiger partial charge in [-0.1, -0.05) is 6.42 Å². The number of carbonyl (C=O) groups is 1. The average Bonchev–Trinajstić information content (AvgIpc) is 2.80. The Morgan fingerprint density at radius 3 is 3.00 bits per heavy atom. The fraction of sp³-hybridized carbons (Fsp3) is 0.545. The molecule has 1 aromatic heterocycles. The third-order valence-corrected chi connectivity index (χ3v) is 2.18. The van der Waals surface area contributed by atoms with Gasteiger partial charge < -0.3 is 9.15 Å². The molecule has 1 heterocycles. The van der Waals surface area contributed by atoms with E-state index in [9.17, 15) is 4.79 Å². The van der Waals surface area contributed by atoms with Gasteiger partial charge in [-0.2, -0.15) is 0 Å². The maximum Gasteiger partial charge on any atom is 0.233 e. The number of nitrogens with one attached hydrogen (secondary N) is 1. The molecule has 90 valence electrons. The van der Waals surface area contributed by atoms with E-state index in [0.29, 0.717) is 19.6 Å². The molecule has 0 aliphatic rings. The van der Waals surface area contributed by atoms with Crippen LogP contribution in [0.2, 0.25) is 0 Å². The number of hydrogen-bond donors (Lipinski definition) is 2. The predicted molar refractivity (Wildman–Crippen MR) is 59.2 cm³/mol. The lowest BCUT2D eigenvalue weighted by Gasteiger charge is -2.02. The van der Waals surface area contributed by atoms with Crippen LogP contribution < -0.4 is 11.3 Å². The molecule has 1 rings (SSSR count). The molecule has 1 aromatic rings. The Hall–Kier alpha value is -1.33. The van der Waals surface area contributed by atoms with Crippen molar-refractivity contribution in [3.63, 3.8) is 0 Å². The van der Waals surface area contributed by atoms with Crippen molar-refractivity contribution in [3.05, 3.63) is 24.2 Å². The highest BCUT2D eigenvalue weighted by atomic mass is 16.5. The van der Waals surface area contributed by atoms with E-state index in [2.05, 4.69) is 5.43 Å². The normalized spacial score (nSPS) is 10.3. The number of furan rings is 1. The summed E-state index contributed by atoms with van der Waals surface area (Å²) in [4.78, 5) is 10.8. The maximum atomic E-state index is 10.8. The first kappa shape index (κ1) is 12.7. The summed E-state index contributed by atoms with van der Waals surface area (Å²) in [5, 5.41) is 0. The van der Waals surface area contributed by atoms with Crippen molar-refractivity contribution in [2.75, 3.05) is 6.61 Å². The van der Waals surface area contributed by atoms with Crippen molar-refractivity contribution in [1.29, 1.82) is 0 Å². The summed E-state index contributed by atoms with van der Waals surface area (Å²) in [6.07, 6.45) is 4.86. The molecule has 16 heavy (non-hydrogen) atoms. The molecule has 0 aliphatic carbocycles. The Morgan fingerprint density at radius 1 is 1.44 bits per heavy atom. The van der Waals surface area contributed by atoms with Crippen molar-refractivity contribution in [1.82, 2.24) is 5.43 Å². The summed E-state index contributed by atoms with van der Waals surface area (Å²) < 4.78 is 10.5. The summed E-state index contributed by atoms with van der Waals surface area (Å²) in [5.74, 6) is 5.68. The molecule has 0 saturated carbocycles. The number of amides is 1. The second-order valence-electron chi connectivity index (χ2n) is 3.51. The molecule has 0 radical (unpaired) electrons. The zero-order chi connectivity index (χ0) is 11.6. The van der Waals surface area contributed by atoms with Gasteiger partial charge in [-0.3, -0.25) is 10.2 Å². The fourth-order valence-corrected chi connectivity index (χ4v) is 1.31. The summed E-state index contributed by atoms with van der Waals surface area (Å²) in [7, 11) is 0. The van der Waals surface area contributed by atoms with Gasteiger partial charge in [0.2, 0.25) is 5.91 Å². The van der Waals surface area contributed by atoms with Crippen LogP contribution in [0.4, 0.5) is 0 Å². The topological polar surface area (TPSA) is 77.5 Å². The summed E-state index contributed by atoms with van der Waals surface area (Å²) in [6, 6.07) is 3.72. The zero-order valence-electron chi connectivity index (χ0n) is 9.28. The van der Waals surface area contributed by atoms with Gasteiger partial charge in [0, 0.05) is 13.0 Å². The second kappa shape index (κ2) is 7.90. The molecule has 0 aliphatic heterocycles. The Morgan fingerprint density at radius 2 is 2.31 bits per heavy atom. The Labute approximate surface area is 94.9 Å². The minimum atomic E-state index is -0.114. The average molecular weight is 226 g/mol. The first-order chi connectivity index (χ1) is 7.83. The van der Waals surface area contributed by atoms with Gasteiger partial charge in [-0.25, -0.2) is 5.84 Å². The lowest BCUT2D eigenvalue weighted by atomic mass is 10.2. The molecule has 0 saturated heterocycles. The minimum Gasteiger partial charge on any atom is -0.467 e. The van der Waals surface area contributed by atoms with E-state index in [-0.39, 0.29) is 5.91 Å². The van der Waals surface area contributed by atoms with Crippen molar-refractivity contribution in [2.24, 2.45) is 5.84 Å². The molecule has 3 N–H and O–H groups in total. The lowest BCUT2D eigenvalue weighted by Crippen LogP contribution is -2.29. The summed E-state index contributed by atoms with van der Waals surface area (Å²) in [6.45, 7) is 1.20. The van der Waals surface area contributed by atoms with E-state index >= 15 is 0 Å². The quantitative estimate of drug-likeness (QED) is 0.303. The van der Waals surface area contributed by atoms with Crippen LogP contribution in [0.1, 0.15) is 31.4 Å². The number of carbonyl (C=O) groups excluding carboxylic acids is 1. The number of hydrogen-bond acceptors (Lipinski definition) is 4. The molecule has 0 atom stereocenters. The van der Waals surface area contributed by atoms with E-state index in [1.54, 1.807) is 6.26 Å². The van der Waals surface area contributed by atoms with Crippen LogP contribution in [0.5, 0.6) is 0 Å². The lowest BCUT2D eigenvalue weighted by molar-refractivity contribution is -0.121. The predicted octanol–water partition coefficient (Wildman–Crippen LogP) is 1.35. The molecule has 5 nitrogen and oxygen atoms in total. The highest BCUT2D eigenvalue weighted by Gasteiger charge is 1.98. The standard InChI is InChI=1S/C11H18N2O3/c12-13-11(14)6-2-1-3-7-15-9-10-5-4-8-16-10/h4-5,8H,1-3,6-7,9,12H2,(H,13,14). The molecule has 5 heteroatoms. The number of hydrazine groups is 1. The van der Waals surface area contributed by atoms with Crippen LogP contribution >= 0.6 is 0 Å². The largest absolute Gasteiger partial charge is 0.467 e. The third-order valence-electron chi connectivity index (χ3n) is 2.18. The molecule has 0 aromatic carbocycles. The minimum absolute atomic E-state index is 0.114. The van der Waals surface area contributed by atoms with Crippen molar-refractivity contribution >= 4 is 5.91 Å². The Balaban J connectivity index is 1.87. The van der Waals surface area contributed by atoms with E-state index in [4.69, 9.17) is 15.0 Å². The van der Waals surface area contributed by atoms with Gasteiger partial charge in [0.15, 0.2) is 0 Å². The molecular weight excluding hydrogens is 208 g/mol. The van der Waals surface area contributed by atoms with Gasteiger partial charge >= 0.3 is 0 Å². The van der Waals surface area contributed by atoms with Gasteiger partial charge in [-0.05, 0) is 25.0 Å². The highest BCUT2D eigenvalue weighted by Crippen LogP contribution is 2.04. The SMILES string of the molecule is NNC(=O)CCCCCOCc1ccco1. The monoisotopic (exact) mass is 226 g/mol. The third kappa shape index (κ3) is 5.53. The van der Waals surface area contributed by atoms with Crippen molar-refractivity contribution < 1.29 is 13.9 Å². The van der Waals surface area contributed by atoms with Crippen molar-refractivity contribution in [2.45, 2.75) is 32.3 Å². The molecule has 0 unspecified atom stereocenters. The molecule has 0 fully saturated rings. The second-order valence-corrected chi connectivity index (χ2v) is 3.51. The number of rotatable bonds is 8. The molecule has 0 spiro atoms. The summed E-state index contributed by atoms with van der Waals surface area (Å²) >= 11 is 0. The van der Waals surface area contributed by atoms with Gasteiger partial charge in [0.25, 0.3) is 0 Å². The number of unbranched alkanes of at least 4 members (excludes halogenated alkanes) is 2. The Kier molecular flexibility index (Phi) is 6.29. The van der Waals surface area contributed by atoms with Crippen LogP contribution in [0.15, 0.2) is 22.8 Å². The zero-order valence-corrected chi connectivity index (χ0v) is 9.28. The van der Waals surface area contributed by atoms with Crippen LogP contribution in [0.25, 0.3) is 0 Å². The number of ether oxygens (including phenoxy) is 1. The van der Waals surface area contributed by atoms with E-state index in [1.165, 1.54) is 0 Å². The van der Waals surface area contributed by atoms with Crippen LogP contribution in [0.3, 0.4) is 0 Å². The molecule has 0 bridgehead atoms. The highest BCUT2D eigenvalue weighted by molar-refractivity contribution is 5.74.